The van der Waals surface area contributed by atoms with Crippen LogP contribution in [0.1, 0.15) is 17.8 Å². The normalized spacial score (nSPS) is 10.6. The fourth-order valence-corrected chi connectivity index (χ4v) is 2.86. The maximum atomic E-state index is 12.0. The van der Waals surface area contributed by atoms with Gasteiger partial charge < -0.3 is 15.6 Å². The number of aromatic nitrogens is 2. The smallest absolute Gasteiger partial charge is 0.258 e. The Labute approximate surface area is 166 Å². The Morgan fingerprint density at radius 2 is 1.89 bits per heavy atom. The summed E-state index contributed by atoms with van der Waals surface area (Å²) in [5.41, 5.74) is 1.70. The van der Waals surface area contributed by atoms with Crippen molar-refractivity contribution >= 4 is 40.0 Å². The number of carbonyl (C=O) groups is 2. The van der Waals surface area contributed by atoms with E-state index in [4.69, 9.17) is 11.6 Å². The van der Waals surface area contributed by atoms with E-state index in [1.807, 2.05) is 0 Å². The van der Waals surface area contributed by atoms with Crippen molar-refractivity contribution in [3.8, 4) is 0 Å². The van der Waals surface area contributed by atoms with E-state index in [0.717, 1.165) is 5.56 Å². The number of nitrogens with one attached hydrogen (secondary N) is 3. The summed E-state index contributed by atoms with van der Waals surface area (Å²) in [4.78, 5) is 43.1. The number of amides is 2. The number of para-hydroxylation sites is 1. The Bertz CT molecular complexity index is 1090. The van der Waals surface area contributed by atoms with Crippen LogP contribution in [0.5, 0.6) is 0 Å². The first kappa shape index (κ1) is 19.6. The van der Waals surface area contributed by atoms with Gasteiger partial charge in [-0.05, 0) is 36.8 Å². The van der Waals surface area contributed by atoms with Crippen molar-refractivity contribution in [3.63, 3.8) is 0 Å². The number of halogens is 1. The Morgan fingerprint density at radius 3 is 2.71 bits per heavy atom. The Morgan fingerprint density at radius 1 is 1.11 bits per heavy atom. The SMILES string of the molecule is Cc1c(Cl)cccc1NC(=O)CNC(=O)CCc1nc2ccccc2c(=O)[nH]1. The predicted molar refractivity (Wildman–Crippen MR) is 109 cm³/mol. The van der Waals surface area contributed by atoms with E-state index < -0.39 is 0 Å². The van der Waals surface area contributed by atoms with E-state index in [1.165, 1.54) is 0 Å². The highest BCUT2D eigenvalue weighted by Crippen LogP contribution is 2.22. The third-order valence-electron chi connectivity index (χ3n) is 4.24. The van der Waals surface area contributed by atoms with Gasteiger partial charge in [0.05, 0.1) is 17.4 Å². The lowest BCUT2D eigenvalue weighted by Crippen LogP contribution is -2.33. The summed E-state index contributed by atoms with van der Waals surface area (Å²) in [7, 11) is 0. The summed E-state index contributed by atoms with van der Waals surface area (Å²) in [6.07, 6.45) is 0.367. The second-order valence-electron chi connectivity index (χ2n) is 6.27. The molecule has 2 amide bonds. The van der Waals surface area contributed by atoms with Gasteiger partial charge in [0, 0.05) is 23.6 Å². The van der Waals surface area contributed by atoms with Crippen LogP contribution in [0.25, 0.3) is 10.9 Å². The molecule has 1 aromatic heterocycles. The highest BCUT2D eigenvalue weighted by molar-refractivity contribution is 6.31. The van der Waals surface area contributed by atoms with Gasteiger partial charge in [0.15, 0.2) is 0 Å². The predicted octanol–water partition coefficient (Wildman–Crippen LogP) is 2.57. The molecule has 0 bridgehead atoms. The molecular weight excluding hydrogens is 380 g/mol. The third-order valence-corrected chi connectivity index (χ3v) is 4.65. The quantitative estimate of drug-likeness (QED) is 0.593. The van der Waals surface area contributed by atoms with Crippen LogP contribution in [-0.2, 0) is 16.0 Å². The lowest BCUT2D eigenvalue weighted by molar-refractivity contribution is -0.124. The highest BCUT2D eigenvalue weighted by atomic mass is 35.5. The average molecular weight is 399 g/mol. The molecule has 0 radical (unpaired) electrons. The van der Waals surface area contributed by atoms with Crippen molar-refractivity contribution < 1.29 is 9.59 Å². The molecular formula is C20H19ClN4O3. The van der Waals surface area contributed by atoms with Crippen LogP contribution in [0.4, 0.5) is 5.69 Å². The minimum atomic E-state index is -0.351. The van der Waals surface area contributed by atoms with Gasteiger partial charge in [-0.25, -0.2) is 4.98 Å². The monoisotopic (exact) mass is 398 g/mol. The Hall–Kier alpha value is -3.19. The first-order chi connectivity index (χ1) is 13.4. The number of benzene rings is 2. The Balaban J connectivity index is 1.51. The van der Waals surface area contributed by atoms with Gasteiger partial charge in [-0.3, -0.25) is 14.4 Å². The number of hydrogen-bond donors (Lipinski definition) is 3. The van der Waals surface area contributed by atoms with Crippen molar-refractivity contribution in [1.29, 1.82) is 0 Å². The molecule has 3 rings (SSSR count). The highest BCUT2D eigenvalue weighted by Gasteiger charge is 2.10. The summed E-state index contributed by atoms with van der Waals surface area (Å²) in [5, 5.41) is 6.32. The lowest BCUT2D eigenvalue weighted by Gasteiger charge is -2.10. The first-order valence-electron chi connectivity index (χ1n) is 8.73. The Kier molecular flexibility index (Phi) is 6.06. The van der Waals surface area contributed by atoms with Crippen molar-refractivity contribution in [2.75, 3.05) is 11.9 Å². The van der Waals surface area contributed by atoms with Crippen molar-refractivity contribution in [2.24, 2.45) is 0 Å². The summed E-state index contributed by atoms with van der Waals surface area (Å²) in [5.74, 6) is -0.234. The molecule has 8 heteroatoms. The number of nitrogens with zero attached hydrogens (tertiary/aromatic N) is 1. The summed E-state index contributed by atoms with van der Waals surface area (Å²) < 4.78 is 0. The van der Waals surface area contributed by atoms with E-state index >= 15 is 0 Å². The van der Waals surface area contributed by atoms with E-state index in [-0.39, 0.29) is 36.8 Å². The van der Waals surface area contributed by atoms with Gasteiger partial charge in [-0.1, -0.05) is 29.8 Å². The number of fused-ring (bicyclic) bond motifs is 1. The van der Waals surface area contributed by atoms with Gasteiger partial charge in [-0.2, -0.15) is 0 Å². The number of rotatable bonds is 6. The zero-order valence-corrected chi connectivity index (χ0v) is 16.0. The molecule has 144 valence electrons. The van der Waals surface area contributed by atoms with E-state index in [1.54, 1.807) is 49.4 Å². The second-order valence-corrected chi connectivity index (χ2v) is 6.67. The first-order valence-corrected chi connectivity index (χ1v) is 9.11. The summed E-state index contributed by atoms with van der Waals surface area (Å²) >= 11 is 6.02. The van der Waals surface area contributed by atoms with Crippen LogP contribution in [0.3, 0.4) is 0 Å². The van der Waals surface area contributed by atoms with Crippen LogP contribution in [-0.4, -0.2) is 28.3 Å². The van der Waals surface area contributed by atoms with Crippen LogP contribution < -0.4 is 16.2 Å². The molecule has 0 saturated heterocycles. The minimum absolute atomic E-state index is 0.102. The molecule has 0 atom stereocenters. The maximum Gasteiger partial charge on any atom is 0.258 e. The van der Waals surface area contributed by atoms with Gasteiger partial charge in [0.2, 0.25) is 11.8 Å². The topological polar surface area (TPSA) is 104 Å². The molecule has 2 aromatic carbocycles. The molecule has 1 heterocycles. The third kappa shape index (κ3) is 4.75. The number of hydrogen-bond acceptors (Lipinski definition) is 4. The fraction of sp³-hybridized carbons (Fsp3) is 0.200. The van der Waals surface area contributed by atoms with Gasteiger partial charge >= 0.3 is 0 Å². The number of H-pyrrole nitrogens is 1. The largest absolute Gasteiger partial charge is 0.347 e. The maximum absolute atomic E-state index is 12.0. The van der Waals surface area contributed by atoms with Crippen LogP contribution in [0, 0.1) is 6.92 Å². The molecule has 7 nitrogen and oxygen atoms in total. The molecule has 0 unspecified atom stereocenters. The molecule has 0 spiro atoms. The lowest BCUT2D eigenvalue weighted by atomic mass is 10.2. The van der Waals surface area contributed by atoms with E-state index in [9.17, 15) is 14.4 Å². The molecule has 0 aliphatic carbocycles. The minimum Gasteiger partial charge on any atom is -0.347 e. The van der Waals surface area contributed by atoms with Crippen molar-refractivity contribution in [1.82, 2.24) is 15.3 Å². The molecule has 3 N–H and O–H groups in total. The molecule has 3 aromatic rings. The molecule has 0 aliphatic heterocycles. The van der Waals surface area contributed by atoms with Crippen LogP contribution in [0.15, 0.2) is 47.3 Å². The van der Waals surface area contributed by atoms with Gasteiger partial charge in [-0.15, -0.1) is 0 Å². The second kappa shape index (κ2) is 8.67. The number of anilines is 1. The van der Waals surface area contributed by atoms with Crippen molar-refractivity contribution in [3.05, 3.63) is 69.2 Å². The standard InChI is InChI=1S/C20H19ClN4O3/c1-12-14(21)6-4-8-15(12)24-19(27)11-22-18(26)10-9-17-23-16-7-3-2-5-13(16)20(28)25-17/h2-8H,9-11H2,1H3,(H,22,26)(H,24,27)(H,23,25,28). The molecule has 0 saturated carbocycles. The zero-order chi connectivity index (χ0) is 20.1. The van der Waals surface area contributed by atoms with E-state index in [2.05, 4.69) is 20.6 Å². The number of aromatic amines is 1. The molecule has 28 heavy (non-hydrogen) atoms. The molecule has 0 fully saturated rings. The number of carbonyl (C=O) groups excluding carboxylic acids is 2. The van der Waals surface area contributed by atoms with Crippen LogP contribution in [0.2, 0.25) is 5.02 Å². The van der Waals surface area contributed by atoms with Crippen molar-refractivity contribution in [2.45, 2.75) is 19.8 Å². The van der Waals surface area contributed by atoms with Gasteiger partial charge in [0.25, 0.3) is 5.56 Å². The fourth-order valence-electron chi connectivity index (χ4n) is 2.69. The van der Waals surface area contributed by atoms with Crippen LogP contribution >= 0.6 is 11.6 Å². The summed E-state index contributed by atoms with van der Waals surface area (Å²) in [6.45, 7) is 1.64. The van der Waals surface area contributed by atoms with Gasteiger partial charge in [0.1, 0.15) is 5.82 Å². The zero-order valence-electron chi connectivity index (χ0n) is 15.2. The number of aryl methyl sites for hydroxylation is 1. The summed E-state index contributed by atoms with van der Waals surface area (Å²) in [6, 6.07) is 12.2. The molecule has 0 aliphatic rings. The average Bonchev–Trinajstić information content (AvgIpc) is 2.68. The van der Waals surface area contributed by atoms with E-state index in [0.29, 0.717) is 27.4 Å².